The Morgan fingerprint density at radius 1 is 1.35 bits per heavy atom. The zero-order valence-electron chi connectivity index (χ0n) is 12.3. The van der Waals surface area contributed by atoms with Gasteiger partial charge in [-0.2, -0.15) is 0 Å². The summed E-state index contributed by atoms with van der Waals surface area (Å²) in [6.45, 7) is 0. The first kappa shape index (κ1) is 15.4. The summed E-state index contributed by atoms with van der Waals surface area (Å²) in [6, 6.07) is 9.71. The quantitative estimate of drug-likeness (QED) is 0.816. The van der Waals surface area contributed by atoms with Crippen molar-refractivity contribution in [1.82, 2.24) is 20.6 Å². The number of halogens is 1. The van der Waals surface area contributed by atoms with Crippen molar-refractivity contribution in [2.75, 3.05) is 0 Å². The number of hydrogen-bond acceptors (Lipinski definition) is 4. The number of primary amides is 1. The second-order valence-electron chi connectivity index (χ2n) is 5.49. The number of nitrogens with two attached hydrogens (primary N) is 1. The van der Waals surface area contributed by atoms with Gasteiger partial charge in [0.15, 0.2) is 5.82 Å². The van der Waals surface area contributed by atoms with Crippen molar-refractivity contribution in [2.24, 2.45) is 17.6 Å². The highest BCUT2D eigenvalue weighted by atomic mass is 35.5. The van der Waals surface area contributed by atoms with Crippen LogP contribution in [0.15, 0.2) is 54.6 Å². The van der Waals surface area contributed by atoms with Crippen LogP contribution in [0.2, 0.25) is 0 Å². The minimum Gasteiger partial charge on any atom is -0.369 e. The molecule has 1 aliphatic carbocycles. The third kappa shape index (κ3) is 3.03. The summed E-state index contributed by atoms with van der Waals surface area (Å²) < 4.78 is 0. The van der Waals surface area contributed by atoms with Crippen molar-refractivity contribution in [2.45, 2.75) is 11.3 Å². The molecule has 3 unspecified atom stereocenters. The molecule has 1 aromatic heterocycles. The Bertz CT molecular complexity index is 728. The number of rotatable bonds is 5. The monoisotopic (exact) mass is 329 g/mol. The van der Waals surface area contributed by atoms with Gasteiger partial charge in [0.1, 0.15) is 4.87 Å². The maximum Gasteiger partial charge on any atom is 0.221 e. The van der Waals surface area contributed by atoms with E-state index in [0.29, 0.717) is 12.2 Å². The van der Waals surface area contributed by atoms with Gasteiger partial charge in [0.2, 0.25) is 5.91 Å². The van der Waals surface area contributed by atoms with Crippen LogP contribution in [-0.2, 0) is 16.1 Å². The lowest BCUT2D eigenvalue weighted by Gasteiger charge is -2.35. The molecule has 6 nitrogen and oxygen atoms in total. The summed E-state index contributed by atoms with van der Waals surface area (Å²) in [5, 5.41) is 13.8. The zero-order chi connectivity index (χ0) is 16.3. The number of nitrogens with one attached hydrogen (secondary N) is 1. The summed E-state index contributed by atoms with van der Waals surface area (Å²) in [4.78, 5) is 11.1. The molecular weight excluding hydrogens is 314 g/mol. The second kappa shape index (κ2) is 6.34. The smallest absolute Gasteiger partial charge is 0.221 e. The molecule has 0 saturated carbocycles. The van der Waals surface area contributed by atoms with Crippen molar-refractivity contribution in [3.8, 4) is 0 Å². The fraction of sp³-hybridized carbons (Fsp3) is 0.250. The average molecular weight is 330 g/mol. The van der Waals surface area contributed by atoms with E-state index in [-0.39, 0.29) is 5.92 Å². The van der Waals surface area contributed by atoms with Crippen LogP contribution in [0.3, 0.4) is 0 Å². The first-order valence-corrected chi connectivity index (χ1v) is 7.61. The fourth-order valence-electron chi connectivity index (χ4n) is 2.89. The van der Waals surface area contributed by atoms with Gasteiger partial charge >= 0.3 is 0 Å². The molecule has 3 N–H and O–H groups in total. The molecule has 1 amide bonds. The molecule has 0 spiro atoms. The Hall–Kier alpha value is -2.47. The Morgan fingerprint density at radius 3 is 2.78 bits per heavy atom. The largest absolute Gasteiger partial charge is 0.369 e. The molecule has 2 aromatic rings. The number of benzene rings is 1. The first-order valence-electron chi connectivity index (χ1n) is 7.23. The molecule has 0 fully saturated rings. The lowest BCUT2D eigenvalue weighted by molar-refractivity contribution is -0.123. The van der Waals surface area contributed by atoms with Crippen LogP contribution in [-0.4, -0.2) is 26.5 Å². The third-order valence-electron chi connectivity index (χ3n) is 4.06. The van der Waals surface area contributed by atoms with Crippen LogP contribution in [0.25, 0.3) is 0 Å². The number of aromatic amines is 1. The van der Waals surface area contributed by atoms with Gasteiger partial charge in [-0.15, -0.1) is 16.7 Å². The Balaban J connectivity index is 1.96. The van der Waals surface area contributed by atoms with Crippen LogP contribution in [0.5, 0.6) is 0 Å². The van der Waals surface area contributed by atoms with E-state index in [4.69, 9.17) is 17.3 Å². The number of H-pyrrole nitrogens is 1. The van der Waals surface area contributed by atoms with Crippen LogP contribution < -0.4 is 5.73 Å². The van der Waals surface area contributed by atoms with Crippen LogP contribution in [0.4, 0.5) is 0 Å². The molecule has 1 heterocycles. The van der Waals surface area contributed by atoms with Crippen molar-refractivity contribution >= 4 is 17.5 Å². The van der Waals surface area contributed by atoms with Crippen LogP contribution in [0.1, 0.15) is 11.4 Å². The Kier molecular flexibility index (Phi) is 4.25. The SMILES string of the molecule is NC(=O)C(Cc1ccccc1)C1C=CC=CC1(Cl)c1nnn[nH]1. The lowest BCUT2D eigenvalue weighted by atomic mass is 9.75. The van der Waals surface area contributed by atoms with Crippen molar-refractivity contribution in [3.05, 3.63) is 66.0 Å². The molecule has 0 aliphatic heterocycles. The molecule has 23 heavy (non-hydrogen) atoms. The highest BCUT2D eigenvalue weighted by molar-refractivity contribution is 6.25. The van der Waals surface area contributed by atoms with Gasteiger partial charge in [-0.05, 0) is 22.4 Å². The molecule has 7 heteroatoms. The minimum absolute atomic E-state index is 0.360. The number of amides is 1. The van der Waals surface area contributed by atoms with E-state index in [1.54, 1.807) is 6.08 Å². The van der Waals surface area contributed by atoms with Gasteiger partial charge in [-0.3, -0.25) is 4.79 Å². The predicted octanol–water partition coefficient (Wildman–Crippen LogP) is 1.72. The molecule has 0 radical (unpaired) electrons. The predicted molar refractivity (Wildman–Crippen MR) is 86.3 cm³/mol. The van der Waals surface area contributed by atoms with E-state index in [0.717, 1.165) is 5.56 Å². The lowest BCUT2D eigenvalue weighted by Crippen LogP contribution is -2.41. The van der Waals surface area contributed by atoms with E-state index < -0.39 is 16.7 Å². The number of nitrogens with zero attached hydrogens (tertiary/aromatic N) is 3. The molecule has 118 valence electrons. The maximum atomic E-state index is 12.1. The zero-order valence-corrected chi connectivity index (χ0v) is 13.0. The number of hydrogen-bond donors (Lipinski definition) is 2. The van der Waals surface area contributed by atoms with Gasteiger partial charge < -0.3 is 5.73 Å². The molecule has 0 bridgehead atoms. The Morgan fingerprint density at radius 2 is 2.13 bits per heavy atom. The van der Waals surface area contributed by atoms with E-state index in [2.05, 4.69) is 20.6 Å². The number of tetrazole rings is 1. The Labute approximate surface area is 138 Å². The summed E-state index contributed by atoms with van der Waals surface area (Å²) in [5.74, 6) is -0.858. The molecule has 0 saturated heterocycles. The van der Waals surface area contributed by atoms with E-state index in [1.807, 2.05) is 48.6 Å². The number of carbonyl (C=O) groups is 1. The fourth-order valence-corrected chi connectivity index (χ4v) is 3.27. The number of aromatic nitrogens is 4. The van der Waals surface area contributed by atoms with Crippen molar-refractivity contribution in [1.29, 1.82) is 0 Å². The van der Waals surface area contributed by atoms with Gasteiger partial charge in [0.05, 0.1) is 5.92 Å². The molecule has 3 atom stereocenters. The maximum absolute atomic E-state index is 12.1. The van der Waals surface area contributed by atoms with Crippen molar-refractivity contribution in [3.63, 3.8) is 0 Å². The van der Waals surface area contributed by atoms with Crippen LogP contribution in [0, 0.1) is 11.8 Å². The normalized spacial score (nSPS) is 24.5. The van der Waals surface area contributed by atoms with Crippen molar-refractivity contribution < 1.29 is 4.79 Å². The topological polar surface area (TPSA) is 97.6 Å². The van der Waals surface area contributed by atoms with Gasteiger partial charge in [-0.25, -0.2) is 5.10 Å². The van der Waals surface area contributed by atoms with Gasteiger partial charge in [-0.1, -0.05) is 54.6 Å². The molecule has 1 aromatic carbocycles. The summed E-state index contributed by atoms with van der Waals surface area (Å²) in [7, 11) is 0. The number of allylic oxidation sites excluding steroid dienone is 4. The highest BCUT2D eigenvalue weighted by Crippen LogP contribution is 2.43. The molecular formula is C16H16ClN5O. The van der Waals surface area contributed by atoms with E-state index in [1.165, 1.54) is 0 Å². The standard InChI is InChI=1S/C16H16ClN5O/c17-16(15-19-21-22-20-15)9-5-4-8-13(16)12(14(18)23)10-11-6-2-1-3-7-11/h1-9,12-13H,10H2,(H2,18,23)(H,19,20,21,22). The molecule has 3 rings (SSSR count). The number of carbonyl (C=O) groups excluding carboxylic acids is 1. The minimum atomic E-state index is -1.03. The highest BCUT2D eigenvalue weighted by Gasteiger charge is 2.45. The van der Waals surface area contributed by atoms with E-state index >= 15 is 0 Å². The van der Waals surface area contributed by atoms with E-state index in [9.17, 15) is 4.79 Å². The molecule has 1 aliphatic rings. The second-order valence-corrected chi connectivity index (χ2v) is 6.11. The van der Waals surface area contributed by atoms with Gasteiger partial charge in [0, 0.05) is 5.92 Å². The average Bonchev–Trinajstić information content (AvgIpc) is 3.09. The first-order chi connectivity index (χ1) is 11.1. The summed E-state index contributed by atoms with van der Waals surface area (Å²) >= 11 is 6.79. The number of alkyl halides is 1. The van der Waals surface area contributed by atoms with Crippen LogP contribution >= 0.6 is 11.6 Å². The van der Waals surface area contributed by atoms with Gasteiger partial charge in [0.25, 0.3) is 0 Å². The summed E-state index contributed by atoms with van der Waals surface area (Å²) in [5.41, 5.74) is 6.69. The summed E-state index contributed by atoms with van der Waals surface area (Å²) in [6.07, 6.45) is 7.83. The third-order valence-corrected chi connectivity index (χ3v) is 4.62.